The molecule has 2 fully saturated rings. The van der Waals surface area contributed by atoms with Crippen LogP contribution in [0.15, 0.2) is 12.4 Å². The van der Waals surface area contributed by atoms with Crippen molar-refractivity contribution < 1.29 is 4.79 Å². The van der Waals surface area contributed by atoms with Gasteiger partial charge in [0.2, 0.25) is 5.91 Å². The molecular weight excluding hydrogens is 240 g/mol. The molecule has 2 heterocycles. The molecule has 1 aromatic heterocycles. The smallest absolute Gasteiger partial charge is 0.244 e. The average molecular weight is 262 g/mol. The molecule has 5 heteroatoms. The maximum Gasteiger partial charge on any atom is 0.244 e. The quantitative estimate of drug-likeness (QED) is 0.882. The van der Waals surface area contributed by atoms with Crippen molar-refractivity contribution >= 4 is 5.91 Å². The van der Waals surface area contributed by atoms with Gasteiger partial charge in [-0.1, -0.05) is 6.42 Å². The zero-order chi connectivity index (χ0) is 13.4. The number of hydrogen-bond acceptors (Lipinski definition) is 3. The SMILES string of the molecule is CNC(C(=O)N1CC2CCCC2C1)c1cnn(C)c1. The molecule has 3 rings (SSSR count). The van der Waals surface area contributed by atoms with Crippen LogP contribution in [-0.2, 0) is 11.8 Å². The number of likely N-dealkylation sites (tertiary alicyclic amines) is 1. The van der Waals surface area contributed by atoms with Gasteiger partial charge in [0.25, 0.3) is 0 Å². The summed E-state index contributed by atoms with van der Waals surface area (Å²) in [5, 5.41) is 7.29. The molecule has 0 bridgehead atoms. The number of rotatable bonds is 3. The molecule has 1 saturated carbocycles. The lowest BCUT2D eigenvalue weighted by Gasteiger charge is -2.23. The number of likely N-dealkylation sites (N-methyl/N-ethyl adjacent to an activating group) is 1. The Bertz CT molecular complexity index is 458. The van der Waals surface area contributed by atoms with Crippen molar-refractivity contribution in [3.63, 3.8) is 0 Å². The third kappa shape index (κ3) is 2.27. The standard InChI is InChI=1S/C14H22N4O/c1-15-13(12-6-16-17(2)7-12)14(19)18-8-10-4-3-5-11(10)9-18/h6-7,10-11,13,15H,3-5,8-9H2,1-2H3. The van der Waals surface area contributed by atoms with Crippen molar-refractivity contribution in [1.29, 1.82) is 0 Å². The Kier molecular flexibility index (Phi) is 3.31. The number of aryl methyl sites for hydroxylation is 1. The molecule has 3 atom stereocenters. The second kappa shape index (κ2) is 4.96. The Labute approximate surface area is 114 Å². The van der Waals surface area contributed by atoms with E-state index in [4.69, 9.17) is 0 Å². The number of hydrogen-bond donors (Lipinski definition) is 1. The van der Waals surface area contributed by atoms with Gasteiger partial charge in [0.05, 0.1) is 6.20 Å². The van der Waals surface area contributed by atoms with Crippen molar-refractivity contribution in [3.05, 3.63) is 18.0 Å². The van der Waals surface area contributed by atoms with Crippen LogP contribution in [0.4, 0.5) is 0 Å². The van der Waals surface area contributed by atoms with E-state index in [0.717, 1.165) is 30.5 Å². The van der Waals surface area contributed by atoms with E-state index in [1.54, 1.807) is 10.9 Å². The highest BCUT2D eigenvalue weighted by molar-refractivity contribution is 5.83. The van der Waals surface area contributed by atoms with Crippen molar-refractivity contribution in [1.82, 2.24) is 20.0 Å². The number of nitrogens with one attached hydrogen (secondary N) is 1. The summed E-state index contributed by atoms with van der Waals surface area (Å²) in [6.45, 7) is 1.89. The highest BCUT2D eigenvalue weighted by atomic mass is 16.2. The molecule has 1 saturated heterocycles. The van der Waals surface area contributed by atoms with Crippen molar-refractivity contribution in [2.45, 2.75) is 25.3 Å². The second-order valence-electron chi connectivity index (χ2n) is 5.86. The maximum absolute atomic E-state index is 12.6. The fraction of sp³-hybridized carbons (Fsp3) is 0.714. The van der Waals surface area contributed by atoms with Gasteiger partial charge in [0, 0.05) is 31.9 Å². The predicted molar refractivity (Wildman–Crippen MR) is 72.4 cm³/mol. The molecule has 1 amide bonds. The number of fused-ring (bicyclic) bond motifs is 1. The molecule has 0 aromatic carbocycles. The molecular formula is C14H22N4O. The summed E-state index contributed by atoms with van der Waals surface area (Å²) < 4.78 is 1.74. The van der Waals surface area contributed by atoms with E-state index in [2.05, 4.69) is 10.4 Å². The maximum atomic E-state index is 12.6. The Balaban J connectivity index is 1.72. The van der Waals surface area contributed by atoms with Gasteiger partial charge in [-0.2, -0.15) is 5.10 Å². The lowest BCUT2D eigenvalue weighted by molar-refractivity contribution is -0.132. The molecule has 0 spiro atoms. The molecule has 104 valence electrons. The zero-order valence-corrected chi connectivity index (χ0v) is 11.7. The summed E-state index contributed by atoms with van der Waals surface area (Å²) in [6.07, 6.45) is 7.62. The van der Waals surface area contributed by atoms with E-state index >= 15 is 0 Å². The molecule has 3 unspecified atom stereocenters. The molecule has 19 heavy (non-hydrogen) atoms. The first-order valence-corrected chi connectivity index (χ1v) is 7.13. The first kappa shape index (κ1) is 12.7. The summed E-state index contributed by atoms with van der Waals surface area (Å²) >= 11 is 0. The van der Waals surface area contributed by atoms with Gasteiger partial charge in [0.1, 0.15) is 6.04 Å². The Hall–Kier alpha value is -1.36. The first-order chi connectivity index (χ1) is 9.19. The summed E-state index contributed by atoms with van der Waals surface area (Å²) in [5.74, 6) is 1.69. The number of nitrogens with zero attached hydrogens (tertiary/aromatic N) is 3. The van der Waals surface area contributed by atoms with Crippen LogP contribution < -0.4 is 5.32 Å². The lowest BCUT2D eigenvalue weighted by atomic mass is 10.0. The van der Waals surface area contributed by atoms with Crippen LogP contribution in [0.3, 0.4) is 0 Å². The van der Waals surface area contributed by atoms with Crippen LogP contribution >= 0.6 is 0 Å². The fourth-order valence-corrected chi connectivity index (χ4v) is 3.62. The number of carbonyl (C=O) groups is 1. The van der Waals surface area contributed by atoms with Crippen LogP contribution in [0.2, 0.25) is 0 Å². The van der Waals surface area contributed by atoms with Crippen LogP contribution in [0.5, 0.6) is 0 Å². The van der Waals surface area contributed by atoms with E-state index in [-0.39, 0.29) is 11.9 Å². The van der Waals surface area contributed by atoms with E-state index in [9.17, 15) is 4.79 Å². The first-order valence-electron chi connectivity index (χ1n) is 7.13. The third-order valence-corrected chi connectivity index (χ3v) is 4.63. The highest BCUT2D eigenvalue weighted by Gasteiger charge is 2.39. The summed E-state index contributed by atoms with van der Waals surface area (Å²) in [5.41, 5.74) is 0.951. The van der Waals surface area contributed by atoms with Crippen LogP contribution in [0, 0.1) is 11.8 Å². The monoisotopic (exact) mass is 262 g/mol. The molecule has 0 radical (unpaired) electrons. The molecule has 1 N–H and O–H groups in total. The van der Waals surface area contributed by atoms with Crippen LogP contribution in [0.25, 0.3) is 0 Å². The Morgan fingerprint density at radius 1 is 1.42 bits per heavy atom. The number of carbonyl (C=O) groups excluding carboxylic acids is 1. The van der Waals surface area contributed by atoms with Gasteiger partial charge in [-0.15, -0.1) is 0 Å². The van der Waals surface area contributed by atoms with E-state index in [1.165, 1.54) is 19.3 Å². The van der Waals surface area contributed by atoms with Gasteiger partial charge < -0.3 is 10.2 Å². The summed E-state index contributed by atoms with van der Waals surface area (Å²) in [4.78, 5) is 14.7. The Morgan fingerprint density at radius 3 is 2.63 bits per heavy atom. The molecule has 1 aromatic rings. The average Bonchev–Trinajstić information content (AvgIpc) is 3.04. The zero-order valence-electron chi connectivity index (χ0n) is 11.7. The van der Waals surface area contributed by atoms with Crippen molar-refractivity contribution in [3.8, 4) is 0 Å². The summed E-state index contributed by atoms with van der Waals surface area (Å²) in [6, 6.07) is -0.257. The topological polar surface area (TPSA) is 50.2 Å². The lowest BCUT2D eigenvalue weighted by Crippen LogP contribution is -2.38. The van der Waals surface area contributed by atoms with Gasteiger partial charge in [-0.05, 0) is 31.7 Å². The number of amides is 1. The third-order valence-electron chi connectivity index (χ3n) is 4.63. The minimum absolute atomic E-state index is 0.199. The summed E-state index contributed by atoms with van der Waals surface area (Å²) in [7, 11) is 3.72. The molecule has 1 aliphatic carbocycles. The van der Waals surface area contributed by atoms with Gasteiger partial charge >= 0.3 is 0 Å². The van der Waals surface area contributed by atoms with Crippen molar-refractivity contribution in [2.75, 3.05) is 20.1 Å². The van der Waals surface area contributed by atoms with Crippen LogP contribution in [-0.4, -0.2) is 40.7 Å². The minimum Gasteiger partial charge on any atom is -0.340 e. The highest BCUT2D eigenvalue weighted by Crippen LogP contribution is 2.38. The van der Waals surface area contributed by atoms with E-state index < -0.39 is 0 Å². The van der Waals surface area contributed by atoms with Gasteiger partial charge in [0.15, 0.2) is 0 Å². The van der Waals surface area contributed by atoms with E-state index in [0.29, 0.717) is 0 Å². The molecule has 1 aliphatic heterocycles. The fourth-order valence-electron chi connectivity index (χ4n) is 3.62. The van der Waals surface area contributed by atoms with E-state index in [1.807, 2.05) is 25.2 Å². The largest absolute Gasteiger partial charge is 0.340 e. The van der Waals surface area contributed by atoms with Crippen LogP contribution in [0.1, 0.15) is 30.9 Å². The van der Waals surface area contributed by atoms with Gasteiger partial charge in [-0.3, -0.25) is 9.48 Å². The predicted octanol–water partition coefficient (Wildman–Crippen LogP) is 0.939. The number of aromatic nitrogens is 2. The second-order valence-corrected chi connectivity index (χ2v) is 5.86. The molecule has 5 nitrogen and oxygen atoms in total. The minimum atomic E-state index is -0.257. The van der Waals surface area contributed by atoms with Gasteiger partial charge in [-0.25, -0.2) is 0 Å². The Morgan fingerprint density at radius 2 is 2.11 bits per heavy atom. The molecule has 2 aliphatic rings. The normalized spacial score (nSPS) is 27.6. The van der Waals surface area contributed by atoms with Crippen molar-refractivity contribution in [2.24, 2.45) is 18.9 Å².